The van der Waals surface area contributed by atoms with Crippen molar-refractivity contribution >= 4 is 61.6 Å². The minimum absolute atomic E-state index is 0.486. The van der Waals surface area contributed by atoms with Crippen molar-refractivity contribution < 1.29 is 0 Å². The van der Waals surface area contributed by atoms with E-state index in [1.165, 1.54) is 3.57 Å². The van der Waals surface area contributed by atoms with Gasteiger partial charge in [0.25, 0.3) is 0 Å². The quantitative estimate of drug-likeness (QED) is 0.521. The van der Waals surface area contributed by atoms with E-state index in [0.29, 0.717) is 11.1 Å². The molecule has 6 heteroatoms. The molecule has 0 unspecified atom stereocenters. The fraction of sp³-hybridized carbons (Fsp3) is 0.231. The number of aromatic nitrogens is 2. The molecule has 0 aliphatic heterocycles. The smallest absolute Gasteiger partial charge is 0.135 e. The molecule has 3 rings (SSSR count). The van der Waals surface area contributed by atoms with E-state index in [1.807, 2.05) is 18.2 Å². The van der Waals surface area contributed by atoms with Crippen LogP contribution in [-0.2, 0) is 0 Å². The molecule has 0 spiro atoms. The predicted octanol–water partition coefficient (Wildman–Crippen LogP) is 5.12. The number of nitrogens with one attached hydrogen (secondary N) is 1. The second-order valence-electron chi connectivity index (χ2n) is 4.46. The summed E-state index contributed by atoms with van der Waals surface area (Å²) < 4.78 is 2.18. The average molecular weight is 451 g/mol. The van der Waals surface area contributed by atoms with E-state index in [2.05, 4.69) is 53.8 Å². The van der Waals surface area contributed by atoms with E-state index >= 15 is 0 Å². The first-order chi connectivity index (χ1) is 9.11. The SMILES string of the molecule is Clc1cc(Nc2ccc(I)cc2Br)nc(C2CC2)n1. The Morgan fingerprint density at radius 3 is 2.74 bits per heavy atom. The molecule has 0 amide bonds. The van der Waals surface area contributed by atoms with Crippen LogP contribution in [0.5, 0.6) is 0 Å². The molecule has 19 heavy (non-hydrogen) atoms. The lowest BCUT2D eigenvalue weighted by Crippen LogP contribution is -2.00. The van der Waals surface area contributed by atoms with Gasteiger partial charge < -0.3 is 5.32 Å². The van der Waals surface area contributed by atoms with Crippen molar-refractivity contribution in [2.24, 2.45) is 0 Å². The van der Waals surface area contributed by atoms with Crippen molar-refractivity contribution in [3.8, 4) is 0 Å². The maximum Gasteiger partial charge on any atom is 0.135 e. The number of halogens is 3. The van der Waals surface area contributed by atoms with Crippen LogP contribution in [0.25, 0.3) is 0 Å². The van der Waals surface area contributed by atoms with E-state index < -0.39 is 0 Å². The third-order valence-electron chi connectivity index (χ3n) is 2.85. The second kappa shape index (κ2) is 5.54. The van der Waals surface area contributed by atoms with E-state index in [0.717, 1.165) is 34.6 Å². The minimum atomic E-state index is 0.486. The first-order valence-corrected chi connectivity index (χ1v) is 8.13. The van der Waals surface area contributed by atoms with Crippen molar-refractivity contribution in [3.63, 3.8) is 0 Å². The Kier molecular flexibility index (Phi) is 3.96. The van der Waals surface area contributed by atoms with Gasteiger partial charge in [-0.25, -0.2) is 9.97 Å². The zero-order chi connectivity index (χ0) is 13.4. The third-order valence-corrected chi connectivity index (χ3v) is 4.37. The lowest BCUT2D eigenvalue weighted by atomic mass is 10.3. The highest BCUT2D eigenvalue weighted by Crippen LogP contribution is 2.39. The third kappa shape index (κ3) is 3.38. The summed E-state index contributed by atoms with van der Waals surface area (Å²) in [5.74, 6) is 2.07. The summed E-state index contributed by atoms with van der Waals surface area (Å²) in [6.07, 6.45) is 2.32. The zero-order valence-electron chi connectivity index (χ0n) is 9.83. The first-order valence-electron chi connectivity index (χ1n) is 5.88. The molecular formula is C13H10BrClIN3. The van der Waals surface area contributed by atoms with Crippen LogP contribution in [0.15, 0.2) is 28.7 Å². The lowest BCUT2D eigenvalue weighted by molar-refractivity contribution is 0.930. The van der Waals surface area contributed by atoms with Crippen LogP contribution < -0.4 is 5.32 Å². The van der Waals surface area contributed by atoms with Gasteiger partial charge in [-0.05, 0) is 69.6 Å². The van der Waals surface area contributed by atoms with Crippen molar-refractivity contribution in [2.45, 2.75) is 18.8 Å². The molecule has 1 N–H and O–H groups in total. The van der Waals surface area contributed by atoms with Gasteiger partial charge in [0, 0.05) is 20.0 Å². The summed E-state index contributed by atoms with van der Waals surface area (Å²) >= 11 is 11.9. The molecule has 0 saturated heterocycles. The fourth-order valence-corrected chi connectivity index (χ4v) is 3.34. The van der Waals surface area contributed by atoms with Gasteiger partial charge in [0.1, 0.15) is 16.8 Å². The normalized spacial score (nSPS) is 14.5. The maximum atomic E-state index is 6.05. The zero-order valence-corrected chi connectivity index (χ0v) is 14.3. The summed E-state index contributed by atoms with van der Waals surface area (Å²) in [7, 11) is 0. The van der Waals surface area contributed by atoms with Gasteiger partial charge in [0.05, 0.1) is 5.69 Å². The molecule has 0 bridgehead atoms. The number of nitrogens with zero attached hydrogens (tertiary/aromatic N) is 2. The standard InChI is InChI=1S/C13H10BrClIN3/c14-9-5-8(16)3-4-10(9)17-12-6-11(15)18-13(19-12)7-1-2-7/h3-7H,1-2H2,(H,17,18,19). The Morgan fingerprint density at radius 1 is 1.26 bits per heavy atom. The molecule has 1 aliphatic rings. The molecule has 2 aromatic rings. The van der Waals surface area contributed by atoms with Gasteiger partial charge in [0.2, 0.25) is 0 Å². The number of benzene rings is 1. The van der Waals surface area contributed by atoms with Crippen molar-refractivity contribution in [1.82, 2.24) is 9.97 Å². The van der Waals surface area contributed by atoms with Crippen LogP contribution in [-0.4, -0.2) is 9.97 Å². The van der Waals surface area contributed by atoms with E-state index in [1.54, 1.807) is 6.07 Å². The van der Waals surface area contributed by atoms with Crippen molar-refractivity contribution in [1.29, 1.82) is 0 Å². The van der Waals surface area contributed by atoms with E-state index in [9.17, 15) is 0 Å². The highest BCUT2D eigenvalue weighted by Gasteiger charge is 2.27. The van der Waals surface area contributed by atoms with Gasteiger partial charge in [-0.2, -0.15) is 0 Å². The van der Waals surface area contributed by atoms with Crippen LogP contribution in [0.1, 0.15) is 24.6 Å². The predicted molar refractivity (Wildman–Crippen MR) is 89.2 cm³/mol. The van der Waals surface area contributed by atoms with Gasteiger partial charge in [-0.15, -0.1) is 0 Å². The van der Waals surface area contributed by atoms with Crippen LogP contribution in [0, 0.1) is 3.57 Å². The number of hydrogen-bond donors (Lipinski definition) is 1. The Labute approximate surface area is 138 Å². The summed E-state index contributed by atoms with van der Waals surface area (Å²) in [4.78, 5) is 8.80. The van der Waals surface area contributed by atoms with E-state index in [-0.39, 0.29) is 0 Å². The molecule has 3 nitrogen and oxygen atoms in total. The molecule has 1 fully saturated rings. The number of rotatable bonds is 3. The molecular weight excluding hydrogens is 440 g/mol. The summed E-state index contributed by atoms with van der Waals surface area (Å²) in [5.41, 5.74) is 0.969. The van der Waals surface area contributed by atoms with Gasteiger partial charge in [-0.3, -0.25) is 0 Å². The molecule has 1 aliphatic carbocycles. The Hall–Kier alpha value is -0.400. The van der Waals surface area contributed by atoms with Crippen LogP contribution >= 0.6 is 50.1 Å². The minimum Gasteiger partial charge on any atom is -0.339 e. The van der Waals surface area contributed by atoms with Gasteiger partial charge >= 0.3 is 0 Å². The second-order valence-corrected chi connectivity index (χ2v) is 6.94. The average Bonchev–Trinajstić information content (AvgIpc) is 3.16. The highest BCUT2D eigenvalue weighted by molar-refractivity contribution is 14.1. The molecule has 1 heterocycles. The Balaban J connectivity index is 1.89. The van der Waals surface area contributed by atoms with Crippen molar-refractivity contribution in [2.75, 3.05) is 5.32 Å². The van der Waals surface area contributed by atoms with Crippen molar-refractivity contribution in [3.05, 3.63) is 43.3 Å². The molecule has 1 aromatic carbocycles. The van der Waals surface area contributed by atoms with Crippen LogP contribution in [0.4, 0.5) is 11.5 Å². The van der Waals surface area contributed by atoms with Crippen LogP contribution in [0.2, 0.25) is 5.15 Å². The van der Waals surface area contributed by atoms with E-state index in [4.69, 9.17) is 11.6 Å². The number of hydrogen-bond acceptors (Lipinski definition) is 3. The lowest BCUT2D eigenvalue weighted by Gasteiger charge is -2.09. The maximum absolute atomic E-state index is 6.05. The largest absolute Gasteiger partial charge is 0.339 e. The topological polar surface area (TPSA) is 37.8 Å². The molecule has 1 saturated carbocycles. The molecule has 0 radical (unpaired) electrons. The Bertz CT molecular complexity index is 631. The Morgan fingerprint density at radius 2 is 2.05 bits per heavy atom. The molecule has 0 atom stereocenters. The fourth-order valence-electron chi connectivity index (χ4n) is 1.75. The first kappa shape index (κ1) is 13.6. The molecule has 1 aromatic heterocycles. The summed E-state index contributed by atoms with van der Waals surface area (Å²) in [6.45, 7) is 0. The van der Waals surface area contributed by atoms with Crippen LogP contribution in [0.3, 0.4) is 0 Å². The summed E-state index contributed by atoms with van der Waals surface area (Å²) in [5, 5.41) is 3.76. The monoisotopic (exact) mass is 449 g/mol. The van der Waals surface area contributed by atoms with Gasteiger partial charge in [-0.1, -0.05) is 11.6 Å². The highest BCUT2D eigenvalue weighted by atomic mass is 127. The van der Waals surface area contributed by atoms with Gasteiger partial charge in [0.15, 0.2) is 0 Å². The summed E-state index contributed by atoms with van der Waals surface area (Å²) in [6, 6.07) is 7.85. The molecule has 98 valence electrons. The number of anilines is 2.